The average molecular weight is 486 g/mol. The number of aromatic nitrogens is 3. The molecule has 178 valence electrons. The first kappa shape index (κ1) is 24.2. The van der Waals surface area contributed by atoms with Gasteiger partial charge in [0.15, 0.2) is 11.0 Å². The van der Waals surface area contributed by atoms with Gasteiger partial charge in [-0.3, -0.25) is 9.59 Å². The highest BCUT2D eigenvalue weighted by atomic mass is 32.2. The highest BCUT2D eigenvalue weighted by Crippen LogP contribution is 2.23. The topological polar surface area (TPSA) is 88.9 Å². The fourth-order valence-corrected chi connectivity index (χ4v) is 4.54. The number of benzene rings is 3. The summed E-state index contributed by atoms with van der Waals surface area (Å²) in [4.78, 5) is 25.3. The summed E-state index contributed by atoms with van der Waals surface area (Å²) in [5.74, 6) is 0.462. The highest BCUT2D eigenvalue weighted by Gasteiger charge is 2.21. The molecular formula is C27H27N5O2S. The second-order valence-corrected chi connectivity index (χ2v) is 9.09. The number of nitrogens with one attached hydrogen (secondary N) is 2. The molecule has 3 aromatic carbocycles. The minimum atomic E-state index is -0.379. The van der Waals surface area contributed by atoms with Crippen LogP contribution in [0.15, 0.2) is 84.5 Å². The van der Waals surface area contributed by atoms with Gasteiger partial charge in [0.25, 0.3) is 5.91 Å². The van der Waals surface area contributed by atoms with Gasteiger partial charge in [-0.15, -0.1) is 16.8 Å². The standard InChI is InChI=1S/C27H27N5O2S/c1-4-15-32-25(19(3)28-26(34)23-12-8-5-9-18(23)2)30-31-27(32)35-17-24(33)29-22-14-13-20-10-6-7-11-21(20)16-22/h4-14,16,19H,1,15,17H2,2-3H3,(H,28,34)(H,29,33)/t19-/m1/s1. The fraction of sp³-hybridized carbons (Fsp3) is 0.185. The zero-order valence-electron chi connectivity index (χ0n) is 19.7. The molecule has 0 saturated carbocycles. The van der Waals surface area contributed by atoms with Gasteiger partial charge < -0.3 is 15.2 Å². The molecular weight excluding hydrogens is 458 g/mol. The van der Waals surface area contributed by atoms with E-state index in [-0.39, 0.29) is 23.6 Å². The Morgan fingerprint density at radius 1 is 1.06 bits per heavy atom. The quantitative estimate of drug-likeness (QED) is 0.253. The van der Waals surface area contributed by atoms with E-state index in [1.165, 1.54) is 11.8 Å². The number of aryl methyl sites for hydroxylation is 1. The van der Waals surface area contributed by atoms with Crippen LogP contribution in [0.25, 0.3) is 10.8 Å². The van der Waals surface area contributed by atoms with Crippen LogP contribution in [0, 0.1) is 6.92 Å². The lowest BCUT2D eigenvalue weighted by Gasteiger charge is -2.16. The molecule has 7 nitrogen and oxygen atoms in total. The lowest BCUT2D eigenvalue weighted by Crippen LogP contribution is -2.29. The molecule has 0 fully saturated rings. The van der Waals surface area contributed by atoms with Gasteiger partial charge in [-0.05, 0) is 48.4 Å². The number of fused-ring (bicyclic) bond motifs is 1. The second-order valence-electron chi connectivity index (χ2n) is 8.15. The van der Waals surface area contributed by atoms with Crippen molar-refractivity contribution in [3.8, 4) is 0 Å². The summed E-state index contributed by atoms with van der Waals surface area (Å²) in [5, 5.41) is 17.3. The minimum absolute atomic E-state index is 0.138. The van der Waals surface area contributed by atoms with E-state index in [0.29, 0.717) is 23.1 Å². The number of anilines is 1. The third kappa shape index (κ3) is 5.78. The summed E-state index contributed by atoms with van der Waals surface area (Å²) in [6.07, 6.45) is 1.74. The number of allylic oxidation sites excluding steroid dienone is 1. The minimum Gasteiger partial charge on any atom is -0.342 e. The van der Waals surface area contributed by atoms with Gasteiger partial charge in [0, 0.05) is 17.8 Å². The summed E-state index contributed by atoms with van der Waals surface area (Å²) in [7, 11) is 0. The van der Waals surface area contributed by atoms with Gasteiger partial charge in [0.2, 0.25) is 5.91 Å². The van der Waals surface area contributed by atoms with Crippen LogP contribution in [0.3, 0.4) is 0 Å². The van der Waals surface area contributed by atoms with E-state index >= 15 is 0 Å². The summed E-state index contributed by atoms with van der Waals surface area (Å²) < 4.78 is 1.86. The van der Waals surface area contributed by atoms with Crippen LogP contribution in [0.5, 0.6) is 0 Å². The number of hydrogen-bond donors (Lipinski definition) is 2. The Kier molecular flexibility index (Phi) is 7.62. The molecule has 0 spiro atoms. The Bertz CT molecular complexity index is 1380. The largest absolute Gasteiger partial charge is 0.342 e. The Morgan fingerprint density at radius 2 is 1.80 bits per heavy atom. The number of thioether (sulfide) groups is 1. The number of amides is 2. The third-order valence-corrected chi connectivity index (χ3v) is 6.51. The lowest BCUT2D eigenvalue weighted by molar-refractivity contribution is -0.113. The molecule has 2 N–H and O–H groups in total. The molecule has 8 heteroatoms. The number of carbonyl (C=O) groups is 2. The summed E-state index contributed by atoms with van der Waals surface area (Å²) in [6, 6.07) is 20.9. The van der Waals surface area contributed by atoms with Crippen molar-refractivity contribution in [2.75, 3.05) is 11.1 Å². The van der Waals surface area contributed by atoms with E-state index in [1.54, 1.807) is 12.1 Å². The normalized spacial score (nSPS) is 11.7. The Hall–Kier alpha value is -3.91. The van der Waals surface area contributed by atoms with Crippen LogP contribution in [-0.2, 0) is 11.3 Å². The maximum atomic E-state index is 12.7. The molecule has 1 aromatic heterocycles. The Balaban J connectivity index is 1.42. The van der Waals surface area contributed by atoms with Crippen LogP contribution in [-0.4, -0.2) is 32.3 Å². The number of nitrogens with zero attached hydrogens (tertiary/aromatic N) is 3. The van der Waals surface area contributed by atoms with Crippen molar-refractivity contribution in [2.45, 2.75) is 31.6 Å². The Morgan fingerprint density at radius 3 is 2.57 bits per heavy atom. The smallest absolute Gasteiger partial charge is 0.252 e. The molecule has 2 amide bonds. The molecule has 1 atom stereocenters. The van der Waals surface area contributed by atoms with E-state index in [2.05, 4.69) is 27.4 Å². The SMILES string of the molecule is C=CCn1c(SCC(=O)Nc2ccc3ccccc3c2)nnc1[C@@H](C)NC(=O)c1ccccc1C. The molecule has 0 aliphatic carbocycles. The zero-order valence-corrected chi connectivity index (χ0v) is 20.5. The molecule has 0 radical (unpaired) electrons. The van der Waals surface area contributed by atoms with Gasteiger partial charge in [0.1, 0.15) is 0 Å². The van der Waals surface area contributed by atoms with Gasteiger partial charge in [-0.25, -0.2) is 0 Å². The molecule has 4 aromatic rings. The molecule has 1 heterocycles. The van der Waals surface area contributed by atoms with Gasteiger partial charge >= 0.3 is 0 Å². The zero-order chi connectivity index (χ0) is 24.8. The molecule has 0 bridgehead atoms. The molecule has 35 heavy (non-hydrogen) atoms. The molecule has 0 unspecified atom stereocenters. The van der Waals surface area contributed by atoms with Crippen LogP contribution in [0.4, 0.5) is 5.69 Å². The predicted molar refractivity (Wildman–Crippen MR) is 141 cm³/mol. The van der Waals surface area contributed by atoms with E-state index < -0.39 is 0 Å². The Labute approximate surface area is 208 Å². The number of hydrogen-bond acceptors (Lipinski definition) is 5. The van der Waals surface area contributed by atoms with Gasteiger partial charge in [-0.2, -0.15) is 0 Å². The van der Waals surface area contributed by atoms with Crippen molar-refractivity contribution in [1.82, 2.24) is 20.1 Å². The van der Waals surface area contributed by atoms with Crippen molar-refractivity contribution in [3.63, 3.8) is 0 Å². The van der Waals surface area contributed by atoms with Crippen LogP contribution < -0.4 is 10.6 Å². The summed E-state index contributed by atoms with van der Waals surface area (Å²) in [6.45, 7) is 8.04. The van der Waals surface area contributed by atoms with Crippen molar-refractivity contribution in [2.24, 2.45) is 0 Å². The van der Waals surface area contributed by atoms with Crippen LogP contribution in [0.1, 0.15) is 34.7 Å². The highest BCUT2D eigenvalue weighted by molar-refractivity contribution is 7.99. The summed E-state index contributed by atoms with van der Waals surface area (Å²) in [5.41, 5.74) is 2.27. The van der Waals surface area contributed by atoms with Gasteiger partial charge in [0.05, 0.1) is 11.8 Å². The van der Waals surface area contributed by atoms with Crippen molar-refractivity contribution in [1.29, 1.82) is 0 Å². The number of rotatable bonds is 9. The van der Waals surface area contributed by atoms with Crippen LogP contribution in [0.2, 0.25) is 0 Å². The second kappa shape index (κ2) is 11.0. The first-order valence-electron chi connectivity index (χ1n) is 11.3. The van der Waals surface area contributed by atoms with Crippen molar-refractivity contribution < 1.29 is 9.59 Å². The summed E-state index contributed by atoms with van der Waals surface area (Å²) >= 11 is 1.29. The van der Waals surface area contributed by atoms with Crippen molar-refractivity contribution >= 4 is 40.0 Å². The average Bonchev–Trinajstić information content (AvgIpc) is 3.26. The maximum absolute atomic E-state index is 12.7. The maximum Gasteiger partial charge on any atom is 0.252 e. The van der Waals surface area contributed by atoms with Crippen molar-refractivity contribution in [3.05, 3.63) is 96.3 Å². The monoisotopic (exact) mass is 485 g/mol. The third-order valence-electron chi connectivity index (χ3n) is 5.55. The molecule has 0 aliphatic heterocycles. The van der Waals surface area contributed by atoms with E-state index in [0.717, 1.165) is 22.0 Å². The molecule has 0 aliphatic rings. The van der Waals surface area contributed by atoms with E-state index in [4.69, 9.17) is 0 Å². The van der Waals surface area contributed by atoms with Gasteiger partial charge in [-0.1, -0.05) is 66.4 Å². The van der Waals surface area contributed by atoms with E-state index in [1.807, 2.05) is 79.1 Å². The van der Waals surface area contributed by atoms with E-state index in [9.17, 15) is 9.59 Å². The first-order chi connectivity index (χ1) is 17.0. The lowest BCUT2D eigenvalue weighted by atomic mass is 10.1. The fourth-order valence-electron chi connectivity index (χ4n) is 3.79. The first-order valence-corrected chi connectivity index (χ1v) is 12.3. The molecule has 4 rings (SSSR count). The molecule has 0 saturated heterocycles. The van der Waals surface area contributed by atoms with Crippen LogP contribution >= 0.6 is 11.8 Å². The number of carbonyl (C=O) groups excluding carboxylic acids is 2. The predicted octanol–water partition coefficient (Wildman–Crippen LogP) is 5.15.